The Kier molecular flexibility index (Phi) is 4.85. The molecule has 0 atom stereocenters. The van der Waals surface area contributed by atoms with Crippen LogP contribution in [0.3, 0.4) is 0 Å². The Morgan fingerprint density at radius 2 is 1.19 bits per heavy atom. The van der Waals surface area contributed by atoms with E-state index in [0.29, 0.717) is 0 Å². The van der Waals surface area contributed by atoms with E-state index in [1.54, 1.807) is 11.1 Å². The first-order valence-electron chi connectivity index (χ1n) is 9.03. The van der Waals surface area contributed by atoms with E-state index in [0.717, 1.165) is 24.9 Å². The predicted molar refractivity (Wildman–Crippen MR) is 90.4 cm³/mol. The molecule has 0 unspecified atom stereocenters. The molecule has 0 spiro atoms. The lowest BCUT2D eigenvalue weighted by atomic mass is 9.85. The Balaban J connectivity index is 1.90. The minimum atomic E-state index is 0.208. The molecule has 3 aliphatic rings. The number of hydrogen-bond donors (Lipinski definition) is 2. The highest BCUT2D eigenvalue weighted by atomic mass is 14.9. The highest BCUT2D eigenvalue weighted by Crippen LogP contribution is 2.48. The number of rotatable bonds is 6. The molecule has 2 saturated carbocycles. The van der Waals surface area contributed by atoms with Gasteiger partial charge in [0, 0.05) is 18.5 Å². The Morgan fingerprint density at radius 3 is 1.52 bits per heavy atom. The van der Waals surface area contributed by atoms with Crippen molar-refractivity contribution < 1.29 is 0 Å². The van der Waals surface area contributed by atoms with Gasteiger partial charge in [-0.3, -0.25) is 0 Å². The van der Waals surface area contributed by atoms with Crippen molar-refractivity contribution in [1.82, 2.24) is 10.6 Å². The van der Waals surface area contributed by atoms with Gasteiger partial charge in [-0.15, -0.1) is 0 Å². The predicted octanol–water partition coefficient (Wildman–Crippen LogP) is 3.66. The molecule has 0 amide bonds. The minimum Gasteiger partial charge on any atom is -0.319 e. The molecule has 0 saturated heterocycles. The van der Waals surface area contributed by atoms with Crippen molar-refractivity contribution in [1.29, 1.82) is 0 Å². The molecule has 0 aromatic carbocycles. The quantitative estimate of drug-likeness (QED) is 0.779. The van der Waals surface area contributed by atoms with Gasteiger partial charge in [0.1, 0.15) is 0 Å². The lowest BCUT2D eigenvalue weighted by Crippen LogP contribution is -2.36. The van der Waals surface area contributed by atoms with Gasteiger partial charge >= 0.3 is 0 Å². The van der Waals surface area contributed by atoms with Crippen LogP contribution < -0.4 is 10.6 Å². The summed E-state index contributed by atoms with van der Waals surface area (Å²) in [5.41, 5.74) is 3.69. The summed E-state index contributed by atoms with van der Waals surface area (Å²) in [4.78, 5) is 0. The molecule has 0 bridgehead atoms. The smallest absolute Gasteiger partial charge is 0.0322 e. The van der Waals surface area contributed by atoms with E-state index in [4.69, 9.17) is 0 Å². The Hall–Kier alpha value is -0.600. The van der Waals surface area contributed by atoms with Crippen LogP contribution in [0.15, 0.2) is 23.3 Å². The average molecular weight is 288 g/mol. The maximum absolute atomic E-state index is 3.43. The topological polar surface area (TPSA) is 24.1 Å². The van der Waals surface area contributed by atoms with Crippen molar-refractivity contribution in [3.63, 3.8) is 0 Å². The second-order valence-electron chi connectivity index (χ2n) is 7.46. The number of nitrogens with one attached hydrogen (secondary N) is 2. The Bertz CT molecular complexity index is 369. The molecule has 0 aromatic heterocycles. The van der Waals surface area contributed by atoms with Gasteiger partial charge in [-0.1, -0.05) is 37.8 Å². The van der Waals surface area contributed by atoms with Crippen LogP contribution in [0, 0.1) is 17.3 Å². The van der Waals surface area contributed by atoms with Gasteiger partial charge in [-0.05, 0) is 62.8 Å². The summed E-state index contributed by atoms with van der Waals surface area (Å²) in [6, 6.07) is 0. The fraction of sp³-hybridized carbons (Fsp3) is 0.789. The van der Waals surface area contributed by atoms with Crippen LogP contribution >= 0.6 is 0 Å². The van der Waals surface area contributed by atoms with Crippen LogP contribution in [0.2, 0.25) is 0 Å². The van der Waals surface area contributed by atoms with Gasteiger partial charge in [-0.2, -0.15) is 0 Å². The molecule has 0 radical (unpaired) electrons. The first-order chi connectivity index (χ1) is 10.3. The zero-order valence-electron chi connectivity index (χ0n) is 13.9. The van der Waals surface area contributed by atoms with Crippen LogP contribution in [0.1, 0.15) is 51.4 Å². The van der Waals surface area contributed by atoms with E-state index in [-0.39, 0.29) is 5.41 Å². The molecule has 2 N–H and O–H groups in total. The third-order valence-electron chi connectivity index (χ3n) is 5.82. The normalized spacial score (nSPS) is 26.4. The molecule has 2 nitrogen and oxygen atoms in total. The molecule has 3 rings (SSSR count). The summed E-state index contributed by atoms with van der Waals surface area (Å²) in [5, 5.41) is 6.86. The summed E-state index contributed by atoms with van der Waals surface area (Å²) < 4.78 is 0. The summed E-state index contributed by atoms with van der Waals surface area (Å²) in [6.07, 6.45) is 16.7. The molecule has 21 heavy (non-hydrogen) atoms. The average Bonchev–Trinajstić information content (AvgIpc) is 3.20. The van der Waals surface area contributed by atoms with Gasteiger partial charge in [-0.25, -0.2) is 0 Å². The molecular weight excluding hydrogens is 256 g/mol. The van der Waals surface area contributed by atoms with Gasteiger partial charge in [0.15, 0.2) is 0 Å². The Labute approximate surface area is 130 Å². The molecular formula is C19H32N2. The highest BCUT2D eigenvalue weighted by Gasteiger charge is 2.37. The van der Waals surface area contributed by atoms with Crippen LogP contribution in [-0.2, 0) is 0 Å². The summed E-state index contributed by atoms with van der Waals surface area (Å²) in [5.74, 6) is 1.71. The lowest BCUT2D eigenvalue weighted by Gasteiger charge is -2.25. The van der Waals surface area contributed by atoms with Crippen molar-refractivity contribution in [3.8, 4) is 0 Å². The second-order valence-corrected chi connectivity index (χ2v) is 7.46. The van der Waals surface area contributed by atoms with E-state index in [9.17, 15) is 0 Å². The van der Waals surface area contributed by atoms with Crippen LogP contribution in [0.25, 0.3) is 0 Å². The molecule has 118 valence electrons. The summed E-state index contributed by atoms with van der Waals surface area (Å²) in [7, 11) is 4.17. The largest absolute Gasteiger partial charge is 0.319 e. The van der Waals surface area contributed by atoms with Gasteiger partial charge in [0.25, 0.3) is 0 Å². The third-order valence-corrected chi connectivity index (χ3v) is 5.82. The third kappa shape index (κ3) is 3.12. The van der Waals surface area contributed by atoms with E-state index >= 15 is 0 Å². The minimum absolute atomic E-state index is 0.208. The van der Waals surface area contributed by atoms with Crippen molar-refractivity contribution in [2.75, 3.05) is 27.2 Å². The molecule has 3 aliphatic carbocycles. The fourth-order valence-electron chi connectivity index (χ4n) is 4.93. The van der Waals surface area contributed by atoms with E-state index in [2.05, 4.69) is 36.9 Å². The van der Waals surface area contributed by atoms with Crippen molar-refractivity contribution >= 4 is 0 Å². The zero-order valence-corrected chi connectivity index (χ0v) is 13.9. The maximum atomic E-state index is 3.43. The lowest BCUT2D eigenvalue weighted by molar-refractivity contribution is 0.444. The number of allylic oxidation sites excluding steroid dienone is 2. The second kappa shape index (κ2) is 6.66. The maximum Gasteiger partial charge on any atom is 0.0322 e. The van der Waals surface area contributed by atoms with Crippen LogP contribution in [-0.4, -0.2) is 27.2 Å². The van der Waals surface area contributed by atoms with E-state index < -0.39 is 0 Å². The first-order valence-corrected chi connectivity index (χ1v) is 9.03. The van der Waals surface area contributed by atoms with E-state index in [1.165, 1.54) is 51.4 Å². The van der Waals surface area contributed by atoms with Crippen LogP contribution in [0.4, 0.5) is 0 Å². The van der Waals surface area contributed by atoms with Crippen molar-refractivity contribution in [3.05, 3.63) is 23.3 Å². The fourth-order valence-corrected chi connectivity index (χ4v) is 4.93. The van der Waals surface area contributed by atoms with Crippen molar-refractivity contribution in [2.45, 2.75) is 51.4 Å². The number of hydrogen-bond acceptors (Lipinski definition) is 2. The highest BCUT2D eigenvalue weighted by molar-refractivity contribution is 5.46. The Morgan fingerprint density at radius 1 is 0.810 bits per heavy atom. The zero-order chi connectivity index (χ0) is 14.7. The van der Waals surface area contributed by atoms with Crippen LogP contribution in [0.5, 0.6) is 0 Å². The first kappa shape index (κ1) is 15.3. The van der Waals surface area contributed by atoms with E-state index in [1.807, 2.05) is 0 Å². The SMILES string of the molecule is CNCC1(CNC)C=C(C2CCCC2)C(C2CCCC2)=C1. The molecule has 0 aromatic rings. The van der Waals surface area contributed by atoms with Gasteiger partial charge in [0.2, 0.25) is 0 Å². The van der Waals surface area contributed by atoms with Crippen molar-refractivity contribution in [2.24, 2.45) is 17.3 Å². The van der Waals surface area contributed by atoms with Gasteiger partial charge in [0.05, 0.1) is 0 Å². The standard InChI is InChI=1S/C19H32N2/c1-20-13-19(14-21-2)11-17(15-7-3-4-8-15)18(12-19)16-9-5-6-10-16/h11-12,15-16,20-21H,3-10,13-14H2,1-2H3. The van der Waals surface area contributed by atoms with Gasteiger partial charge < -0.3 is 10.6 Å². The summed E-state index contributed by atoms with van der Waals surface area (Å²) >= 11 is 0. The molecule has 0 heterocycles. The molecule has 0 aliphatic heterocycles. The molecule has 2 fully saturated rings. The summed E-state index contributed by atoms with van der Waals surface area (Å²) in [6.45, 7) is 2.11. The monoisotopic (exact) mass is 288 g/mol. The molecule has 2 heteroatoms.